The summed E-state index contributed by atoms with van der Waals surface area (Å²) in [6, 6.07) is 13.2. The van der Waals surface area contributed by atoms with Gasteiger partial charge in [-0.1, -0.05) is 35.9 Å². The Hall–Kier alpha value is -2.66. The highest BCUT2D eigenvalue weighted by Gasteiger charge is 2.19. The fraction of sp³-hybridized carbons (Fsp3) is 0.391. The van der Waals surface area contributed by atoms with Gasteiger partial charge in [0.25, 0.3) is 5.91 Å². The van der Waals surface area contributed by atoms with Crippen LogP contribution in [-0.2, 0) is 4.79 Å². The first kappa shape index (κ1) is 21.6. The molecule has 0 saturated heterocycles. The number of hydrogen-bond donors (Lipinski definition) is 2. The van der Waals surface area contributed by atoms with E-state index in [9.17, 15) is 9.59 Å². The van der Waals surface area contributed by atoms with E-state index in [1.54, 1.807) is 17.0 Å². The Bertz CT molecular complexity index is 793. The molecule has 0 heterocycles. The van der Waals surface area contributed by atoms with Gasteiger partial charge < -0.3 is 15.1 Å². The largest absolute Gasteiger partial charge is 0.340 e. The molecule has 0 radical (unpaired) electrons. The Morgan fingerprint density at radius 1 is 1.00 bits per heavy atom. The van der Waals surface area contributed by atoms with Crippen molar-refractivity contribution >= 4 is 17.5 Å². The average Bonchev–Trinajstić information content (AvgIpc) is 2.63. The van der Waals surface area contributed by atoms with Crippen LogP contribution >= 0.6 is 0 Å². The van der Waals surface area contributed by atoms with Gasteiger partial charge in [0.15, 0.2) is 0 Å². The highest BCUT2D eigenvalue weighted by atomic mass is 16.2. The summed E-state index contributed by atoms with van der Waals surface area (Å²) >= 11 is 0. The first-order valence-electron chi connectivity index (χ1n) is 9.79. The summed E-state index contributed by atoms with van der Waals surface area (Å²) in [6.45, 7) is 7.56. The summed E-state index contributed by atoms with van der Waals surface area (Å²) in [6.07, 6.45) is 0.844. The molecule has 0 atom stereocenters. The van der Waals surface area contributed by atoms with Gasteiger partial charge >= 0.3 is 0 Å². The molecule has 0 aliphatic carbocycles. The van der Waals surface area contributed by atoms with E-state index in [0.717, 1.165) is 29.8 Å². The van der Waals surface area contributed by atoms with Crippen molar-refractivity contribution in [1.29, 1.82) is 0 Å². The Labute approximate surface area is 168 Å². The third kappa shape index (κ3) is 6.20. The zero-order valence-corrected chi connectivity index (χ0v) is 17.6. The summed E-state index contributed by atoms with van der Waals surface area (Å²) in [5, 5.41) is 3.00. The molecule has 0 saturated carbocycles. The molecule has 0 aliphatic heterocycles. The first-order chi connectivity index (χ1) is 13.3. The van der Waals surface area contributed by atoms with E-state index in [0.29, 0.717) is 12.1 Å². The van der Waals surface area contributed by atoms with Crippen molar-refractivity contribution in [3.8, 4) is 0 Å². The third-order valence-electron chi connectivity index (χ3n) is 4.69. The first-order valence-corrected chi connectivity index (χ1v) is 9.79. The zero-order valence-electron chi connectivity index (χ0n) is 17.6. The summed E-state index contributed by atoms with van der Waals surface area (Å²) in [7, 11) is 4.16. The summed E-state index contributed by atoms with van der Waals surface area (Å²) in [4.78, 5) is 28.6. The Kier molecular flexibility index (Phi) is 7.76. The molecule has 0 bridgehead atoms. The van der Waals surface area contributed by atoms with E-state index in [4.69, 9.17) is 0 Å². The van der Waals surface area contributed by atoms with Gasteiger partial charge in [-0.05, 0) is 44.0 Å². The molecule has 150 valence electrons. The molecule has 0 aliphatic rings. The summed E-state index contributed by atoms with van der Waals surface area (Å²) in [5.74, 6) is -0.279. The van der Waals surface area contributed by atoms with Crippen LogP contribution in [0.2, 0.25) is 0 Å². The molecule has 2 aromatic carbocycles. The zero-order chi connectivity index (χ0) is 20.7. The number of carbonyl (C=O) groups excluding carboxylic acids is 2. The molecule has 0 aromatic heterocycles. The quantitative estimate of drug-likeness (QED) is 0.736. The molecule has 2 N–H and O–H groups in total. The maximum atomic E-state index is 12.9. The van der Waals surface area contributed by atoms with Crippen molar-refractivity contribution in [2.75, 3.05) is 39.0 Å². The fourth-order valence-electron chi connectivity index (χ4n) is 3.37. The minimum atomic E-state index is -0.170. The van der Waals surface area contributed by atoms with Gasteiger partial charge in [-0.25, -0.2) is 0 Å². The van der Waals surface area contributed by atoms with Gasteiger partial charge in [0.1, 0.15) is 6.54 Å². The number of benzene rings is 2. The lowest BCUT2D eigenvalue weighted by Gasteiger charge is -2.23. The lowest BCUT2D eigenvalue weighted by molar-refractivity contribution is -0.858. The molecule has 0 unspecified atom stereocenters. The van der Waals surface area contributed by atoms with Gasteiger partial charge in [0, 0.05) is 24.2 Å². The van der Waals surface area contributed by atoms with E-state index >= 15 is 0 Å². The van der Waals surface area contributed by atoms with Crippen LogP contribution in [0, 0.1) is 20.8 Å². The van der Waals surface area contributed by atoms with Crippen molar-refractivity contribution in [3.05, 3.63) is 64.7 Å². The van der Waals surface area contributed by atoms with Gasteiger partial charge in [0.05, 0.1) is 20.6 Å². The lowest BCUT2D eigenvalue weighted by atomic mass is 10.1. The number of nitrogens with zero attached hydrogens (tertiary/aromatic N) is 1. The standard InChI is InChI=1S/C23H31N3O2/c1-17-14-18(2)22(19(3)15-17)24-21(27)16-26(13-9-12-25(4)5)23(28)20-10-7-6-8-11-20/h6-8,10-11,14-15H,9,12-13,16H2,1-5H3,(H,24,27)/p+1. The van der Waals surface area contributed by atoms with Crippen LogP contribution in [0.3, 0.4) is 0 Å². The molecule has 28 heavy (non-hydrogen) atoms. The Morgan fingerprint density at radius 2 is 1.61 bits per heavy atom. The molecule has 2 amide bonds. The maximum Gasteiger partial charge on any atom is 0.254 e. The monoisotopic (exact) mass is 382 g/mol. The molecule has 2 rings (SSSR count). The number of aryl methyl sites for hydroxylation is 3. The second-order valence-corrected chi connectivity index (χ2v) is 7.73. The highest BCUT2D eigenvalue weighted by molar-refractivity contribution is 5.99. The van der Waals surface area contributed by atoms with E-state index in [2.05, 4.69) is 31.5 Å². The van der Waals surface area contributed by atoms with Crippen LogP contribution < -0.4 is 10.2 Å². The molecular formula is C23H32N3O2+. The predicted octanol–water partition coefficient (Wildman–Crippen LogP) is 2.23. The number of hydrogen-bond acceptors (Lipinski definition) is 2. The van der Waals surface area contributed by atoms with E-state index in [1.165, 1.54) is 10.5 Å². The van der Waals surface area contributed by atoms with Crippen molar-refractivity contribution in [3.63, 3.8) is 0 Å². The molecular weight excluding hydrogens is 350 g/mol. The van der Waals surface area contributed by atoms with E-state index in [1.807, 2.05) is 39.0 Å². The minimum absolute atomic E-state index is 0.0449. The topological polar surface area (TPSA) is 53.9 Å². The molecule has 5 heteroatoms. The van der Waals surface area contributed by atoms with Gasteiger partial charge in [-0.3, -0.25) is 9.59 Å². The predicted molar refractivity (Wildman–Crippen MR) is 114 cm³/mol. The lowest BCUT2D eigenvalue weighted by Crippen LogP contribution is -3.05. The van der Waals surface area contributed by atoms with E-state index < -0.39 is 0 Å². The molecule has 0 fully saturated rings. The van der Waals surface area contributed by atoms with Crippen molar-refractivity contribution in [2.24, 2.45) is 0 Å². The van der Waals surface area contributed by atoms with Crippen LogP contribution in [-0.4, -0.2) is 50.4 Å². The second-order valence-electron chi connectivity index (χ2n) is 7.73. The SMILES string of the molecule is Cc1cc(C)c(NC(=O)CN(CCC[NH+](C)C)C(=O)c2ccccc2)c(C)c1. The number of rotatable bonds is 8. The smallest absolute Gasteiger partial charge is 0.254 e. The van der Waals surface area contributed by atoms with Gasteiger partial charge in [0.2, 0.25) is 5.91 Å². The number of carbonyl (C=O) groups is 2. The van der Waals surface area contributed by atoms with Crippen LogP contribution in [0.5, 0.6) is 0 Å². The summed E-state index contributed by atoms with van der Waals surface area (Å²) < 4.78 is 0. The van der Waals surface area contributed by atoms with Crippen LogP contribution in [0.1, 0.15) is 33.5 Å². The number of quaternary nitrogens is 1. The molecule has 5 nitrogen and oxygen atoms in total. The van der Waals surface area contributed by atoms with Crippen LogP contribution in [0.25, 0.3) is 0 Å². The average molecular weight is 383 g/mol. The second kappa shape index (κ2) is 10.0. The third-order valence-corrected chi connectivity index (χ3v) is 4.69. The summed E-state index contributed by atoms with van der Waals surface area (Å²) in [5.41, 5.74) is 4.67. The highest BCUT2D eigenvalue weighted by Crippen LogP contribution is 2.22. The Balaban J connectivity index is 2.12. The van der Waals surface area contributed by atoms with Crippen molar-refractivity contribution in [2.45, 2.75) is 27.2 Å². The number of nitrogens with one attached hydrogen (secondary N) is 2. The van der Waals surface area contributed by atoms with Crippen molar-refractivity contribution in [1.82, 2.24) is 4.90 Å². The molecule has 0 spiro atoms. The van der Waals surface area contributed by atoms with E-state index in [-0.39, 0.29) is 18.4 Å². The number of amides is 2. The van der Waals surface area contributed by atoms with Crippen LogP contribution in [0.4, 0.5) is 5.69 Å². The van der Waals surface area contributed by atoms with Gasteiger partial charge in [-0.2, -0.15) is 0 Å². The number of anilines is 1. The van der Waals surface area contributed by atoms with Crippen molar-refractivity contribution < 1.29 is 14.5 Å². The normalized spacial score (nSPS) is 10.8. The molecule has 2 aromatic rings. The van der Waals surface area contributed by atoms with Gasteiger partial charge in [-0.15, -0.1) is 0 Å². The maximum absolute atomic E-state index is 12.9. The Morgan fingerprint density at radius 3 is 2.18 bits per heavy atom. The minimum Gasteiger partial charge on any atom is -0.340 e. The fourth-order valence-corrected chi connectivity index (χ4v) is 3.37. The van der Waals surface area contributed by atoms with Crippen LogP contribution in [0.15, 0.2) is 42.5 Å².